The summed E-state index contributed by atoms with van der Waals surface area (Å²) in [5.74, 6) is -0.354. The summed E-state index contributed by atoms with van der Waals surface area (Å²) in [4.78, 5) is 15.1. The van der Waals surface area contributed by atoms with Gasteiger partial charge in [-0.3, -0.25) is 0 Å². The minimum Gasteiger partial charge on any atom is -0.464 e. The van der Waals surface area contributed by atoms with Crippen LogP contribution in [0.15, 0.2) is 29.8 Å². The Balaban J connectivity index is 1.98. The summed E-state index contributed by atoms with van der Waals surface area (Å²) < 4.78 is 11.1. The highest BCUT2D eigenvalue weighted by atomic mass is 16.5. The van der Waals surface area contributed by atoms with Gasteiger partial charge in [0.25, 0.3) is 0 Å². The molecule has 0 unspecified atom stereocenters. The number of aromatic nitrogens is 1. The maximum absolute atomic E-state index is 11.9. The van der Waals surface area contributed by atoms with Gasteiger partial charge in [0.1, 0.15) is 5.69 Å². The van der Waals surface area contributed by atoms with Crippen LogP contribution >= 0.6 is 0 Å². The van der Waals surface area contributed by atoms with Gasteiger partial charge in [0, 0.05) is 10.9 Å². The predicted octanol–water partition coefficient (Wildman–Crippen LogP) is 4.32. The molecule has 1 aliphatic heterocycles. The maximum atomic E-state index is 11.9. The zero-order chi connectivity index (χ0) is 17.3. The molecular weight excluding hydrogens is 302 g/mol. The first-order valence-electron chi connectivity index (χ1n) is 8.12. The fourth-order valence-electron chi connectivity index (χ4n) is 3.95. The molecule has 4 heteroatoms. The van der Waals surface area contributed by atoms with Gasteiger partial charge in [-0.1, -0.05) is 12.1 Å². The van der Waals surface area contributed by atoms with Gasteiger partial charge in [-0.05, 0) is 62.6 Å². The molecule has 1 aromatic carbocycles. The summed E-state index contributed by atoms with van der Waals surface area (Å²) in [6.07, 6.45) is 4.36. The Labute approximate surface area is 141 Å². The van der Waals surface area contributed by atoms with Crippen LogP contribution in [0, 0.1) is 0 Å². The molecule has 0 spiro atoms. The highest BCUT2D eigenvalue weighted by Gasteiger charge is 2.41. The van der Waals surface area contributed by atoms with Gasteiger partial charge in [-0.2, -0.15) is 0 Å². The van der Waals surface area contributed by atoms with Crippen LogP contribution < -0.4 is 0 Å². The van der Waals surface area contributed by atoms with Gasteiger partial charge in [0.15, 0.2) is 0 Å². The third kappa shape index (κ3) is 2.06. The second kappa shape index (κ2) is 4.61. The average molecular weight is 323 g/mol. The zero-order valence-electron chi connectivity index (χ0n) is 14.6. The van der Waals surface area contributed by atoms with E-state index in [0.717, 1.165) is 22.0 Å². The smallest absolute Gasteiger partial charge is 0.354 e. The summed E-state index contributed by atoms with van der Waals surface area (Å²) in [5, 5.41) is 1.01. The predicted molar refractivity (Wildman–Crippen MR) is 94.8 cm³/mol. The Morgan fingerprint density at radius 3 is 2.67 bits per heavy atom. The molecule has 2 heterocycles. The number of carbonyl (C=O) groups excluding carboxylic acids is 1. The van der Waals surface area contributed by atoms with Crippen molar-refractivity contribution in [1.29, 1.82) is 0 Å². The van der Waals surface area contributed by atoms with Crippen molar-refractivity contribution in [2.24, 2.45) is 0 Å². The first-order valence-corrected chi connectivity index (χ1v) is 8.12. The number of hydrogen-bond acceptors (Lipinski definition) is 3. The summed E-state index contributed by atoms with van der Waals surface area (Å²) in [6.45, 7) is 8.35. The molecule has 2 aliphatic rings. The van der Waals surface area contributed by atoms with Crippen molar-refractivity contribution in [3.05, 3.63) is 46.7 Å². The van der Waals surface area contributed by atoms with Crippen molar-refractivity contribution in [2.45, 2.75) is 38.9 Å². The molecule has 124 valence electrons. The molecule has 1 aromatic heterocycles. The molecule has 1 N–H and O–H groups in total. The molecule has 24 heavy (non-hydrogen) atoms. The monoisotopic (exact) mass is 323 g/mol. The van der Waals surface area contributed by atoms with E-state index in [0.29, 0.717) is 5.69 Å². The van der Waals surface area contributed by atoms with Crippen LogP contribution in [0.4, 0.5) is 0 Å². The van der Waals surface area contributed by atoms with Crippen LogP contribution in [0.3, 0.4) is 0 Å². The van der Waals surface area contributed by atoms with Gasteiger partial charge < -0.3 is 14.5 Å². The molecule has 0 amide bonds. The minimum atomic E-state index is -0.364. The summed E-state index contributed by atoms with van der Waals surface area (Å²) in [7, 11) is 1.39. The molecule has 0 bridgehead atoms. The molecule has 4 nitrogen and oxygen atoms in total. The number of esters is 1. The molecule has 2 aromatic rings. The van der Waals surface area contributed by atoms with Crippen molar-refractivity contribution in [2.75, 3.05) is 7.11 Å². The lowest BCUT2D eigenvalue weighted by atomic mass is 9.84. The lowest BCUT2D eigenvalue weighted by molar-refractivity contribution is -0.0768. The lowest BCUT2D eigenvalue weighted by Gasteiger charge is -2.41. The molecular formula is C20H21NO3. The van der Waals surface area contributed by atoms with Crippen molar-refractivity contribution in [3.63, 3.8) is 0 Å². The van der Waals surface area contributed by atoms with E-state index >= 15 is 0 Å². The van der Waals surface area contributed by atoms with Gasteiger partial charge >= 0.3 is 5.97 Å². The molecule has 0 fully saturated rings. The molecule has 4 rings (SSSR count). The number of methoxy groups -OCH3 is 1. The van der Waals surface area contributed by atoms with Crippen LogP contribution in [0.25, 0.3) is 22.6 Å². The zero-order valence-corrected chi connectivity index (χ0v) is 14.6. The molecule has 0 saturated heterocycles. The third-order valence-corrected chi connectivity index (χ3v) is 4.75. The largest absolute Gasteiger partial charge is 0.464 e. The Morgan fingerprint density at radius 1 is 1.21 bits per heavy atom. The van der Waals surface area contributed by atoms with E-state index in [1.54, 1.807) is 0 Å². The van der Waals surface area contributed by atoms with E-state index in [1.807, 2.05) is 12.1 Å². The van der Waals surface area contributed by atoms with Crippen molar-refractivity contribution in [3.8, 4) is 0 Å². The Kier molecular flexibility index (Phi) is 2.92. The van der Waals surface area contributed by atoms with Gasteiger partial charge in [-0.15, -0.1) is 0 Å². The van der Waals surface area contributed by atoms with Crippen LogP contribution in [-0.2, 0) is 9.47 Å². The van der Waals surface area contributed by atoms with Crippen LogP contribution in [0.2, 0.25) is 0 Å². The van der Waals surface area contributed by atoms with Gasteiger partial charge in [0.2, 0.25) is 0 Å². The number of benzene rings is 1. The average Bonchev–Trinajstić information content (AvgIpc) is 3.05. The van der Waals surface area contributed by atoms with E-state index in [4.69, 9.17) is 9.47 Å². The lowest BCUT2D eigenvalue weighted by Crippen LogP contribution is -2.40. The number of nitrogens with one attached hydrogen (secondary N) is 1. The minimum absolute atomic E-state index is 0.349. The normalized spacial score (nSPS) is 20.2. The van der Waals surface area contributed by atoms with Crippen molar-refractivity contribution in [1.82, 2.24) is 4.98 Å². The Bertz CT molecular complexity index is 941. The number of aromatic amines is 1. The number of ether oxygens (including phenoxy) is 2. The van der Waals surface area contributed by atoms with E-state index in [9.17, 15) is 4.79 Å². The topological polar surface area (TPSA) is 51.3 Å². The van der Waals surface area contributed by atoms with Gasteiger partial charge in [-0.25, -0.2) is 4.79 Å². The van der Waals surface area contributed by atoms with E-state index in [2.05, 4.69) is 50.9 Å². The Morgan fingerprint density at radius 2 is 1.96 bits per heavy atom. The highest BCUT2D eigenvalue weighted by Crippen LogP contribution is 2.50. The quantitative estimate of drug-likeness (QED) is 0.795. The first-order chi connectivity index (χ1) is 11.2. The van der Waals surface area contributed by atoms with E-state index in [1.165, 1.54) is 18.3 Å². The van der Waals surface area contributed by atoms with Crippen molar-refractivity contribution < 1.29 is 14.3 Å². The summed E-state index contributed by atoms with van der Waals surface area (Å²) in [5.41, 5.74) is 5.39. The first kappa shape index (κ1) is 15.2. The molecule has 0 saturated carbocycles. The standard InChI is InChI=1S/C20H21NO3/c1-19(2)10-13-14(20(3,4)24-19)8-11-6-7-12-9-15(18(22)23-5)21-17(12)16(11)13/h6-10,21H,1-5H3. The number of H-pyrrole nitrogens is 1. The van der Waals surface area contributed by atoms with Crippen LogP contribution in [0.1, 0.15) is 49.3 Å². The maximum Gasteiger partial charge on any atom is 0.354 e. The fourth-order valence-corrected chi connectivity index (χ4v) is 3.95. The SMILES string of the molecule is COC(=O)c1cc2ccc3c(c2[nH]1)C1=CC(C)(C)OC(C)(C)C1=C3. The molecule has 0 radical (unpaired) electrons. The van der Waals surface area contributed by atoms with Crippen LogP contribution in [0.5, 0.6) is 0 Å². The number of carbonyl (C=O) groups is 1. The summed E-state index contributed by atoms with van der Waals surface area (Å²) in [6, 6.07) is 5.97. The number of hydrogen-bond donors (Lipinski definition) is 1. The number of rotatable bonds is 1. The van der Waals surface area contributed by atoms with E-state index < -0.39 is 0 Å². The highest BCUT2D eigenvalue weighted by molar-refractivity contribution is 6.08. The number of fused-ring (bicyclic) bond motifs is 5. The Hall–Kier alpha value is -2.33. The van der Waals surface area contributed by atoms with Crippen molar-refractivity contribution >= 4 is 28.5 Å². The summed E-state index contributed by atoms with van der Waals surface area (Å²) >= 11 is 0. The van der Waals surface area contributed by atoms with Crippen LogP contribution in [-0.4, -0.2) is 29.3 Å². The molecule has 0 atom stereocenters. The second-order valence-electron chi connectivity index (χ2n) is 7.50. The van der Waals surface area contributed by atoms with E-state index in [-0.39, 0.29) is 17.2 Å². The third-order valence-electron chi connectivity index (χ3n) is 4.75. The second-order valence-corrected chi connectivity index (χ2v) is 7.50. The fraction of sp³-hybridized carbons (Fsp3) is 0.350. The van der Waals surface area contributed by atoms with Gasteiger partial charge in [0.05, 0.1) is 23.8 Å². The molecule has 1 aliphatic carbocycles.